The van der Waals surface area contributed by atoms with Crippen molar-refractivity contribution >= 4 is 32.4 Å². The van der Waals surface area contributed by atoms with Gasteiger partial charge in [0.25, 0.3) is 0 Å². The predicted molar refractivity (Wildman–Crippen MR) is 67.4 cm³/mol. The lowest BCUT2D eigenvalue weighted by atomic mass is 9.92. The van der Waals surface area contributed by atoms with E-state index < -0.39 is 0 Å². The number of hydrogen-bond donors (Lipinski definition) is 0. The van der Waals surface area contributed by atoms with Gasteiger partial charge < -0.3 is 4.90 Å². The van der Waals surface area contributed by atoms with Gasteiger partial charge in [0, 0.05) is 12.6 Å². The Balaban J connectivity index is 2.12. The summed E-state index contributed by atoms with van der Waals surface area (Å²) in [6.45, 7) is 5.69. The first-order valence-electron chi connectivity index (χ1n) is 5.46. The standard InChI is InChI=1S/C10H16BrN3S/c1-3-8-5-4-7(2)14(6-8)10-13-12-9(11)15-10/h7-8H,3-6H2,1-2H3/t7-,8+/m0/s1. The zero-order valence-corrected chi connectivity index (χ0v) is 11.5. The van der Waals surface area contributed by atoms with Crippen LogP contribution in [0.5, 0.6) is 0 Å². The van der Waals surface area contributed by atoms with Crippen molar-refractivity contribution in [1.82, 2.24) is 10.2 Å². The van der Waals surface area contributed by atoms with Gasteiger partial charge >= 0.3 is 0 Å². The van der Waals surface area contributed by atoms with E-state index in [0.717, 1.165) is 21.5 Å². The van der Waals surface area contributed by atoms with Gasteiger partial charge in [-0.25, -0.2) is 0 Å². The largest absolute Gasteiger partial charge is 0.344 e. The summed E-state index contributed by atoms with van der Waals surface area (Å²) in [5, 5.41) is 9.29. The minimum Gasteiger partial charge on any atom is -0.344 e. The van der Waals surface area contributed by atoms with Crippen molar-refractivity contribution in [2.24, 2.45) is 5.92 Å². The fraction of sp³-hybridized carbons (Fsp3) is 0.800. The Morgan fingerprint density at radius 3 is 2.87 bits per heavy atom. The van der Waals surface area contributed by atoms with Gasteiger partial charge in [-0.15, -0.1) is 10.2 Å². The van der Waals surface area contributed by atoms with E-state index >= 15 is 0 Å². The summed E-state index contributed by atoms with van der Waals surface area (Å²) in [6, 6.07) is 0.604. The monoisotopic (exact) mass is 289 g/mol. The summed E-state index contributed by atoms with van der Waals surface area (Å²) in [7, 11) is 0. The molecule has 0 unspecified atom stereocenters. The third-order valence-corrected chi connectivity index (χ3v) is 4.59. The highest BCUT2D eigenvalue weighted by atomic mass is 79.9. The zero-order valence-electron chi connectivity index (χ0n) is 9.11. The lowest BCUT2D eigenvalue weighted by Gasteiger charge is -2.37. The maximum Gasteiger partial charge on any atom is 0.209 e. The highest BCUT2D eigenvalue weighted by molar-refractivity contribution is 9.11. The highest BCUT2D eigenvalue weighted by Gasteiger charge is 2.26. The second kappa shape index (κ2) is 4.78. The molecule has 0 bridgehead atoms. The maximum absolute atomic E-state index is 4.21. The van der Waals surface area contributed by atoms with Crippen LogP contribution >= 0.6 is 27.3 Å². The van der Waals surface area contributed by atoms with E-state index in [-0.39, 0.29) is 0 Å². The summed E-state index contributed by atoms with van der Waals surface area (Å²) in [6.07, 6.45) is 3.90. The molecule has 1 fully saturated rings. The lowest BCUT2D eigenvalue weighted by Crippen LogP contribution is -2.41. The molecule has 0 saturated carbocycles. The number of hydrogen-bond acceptors (Lipinski definition) is 4. The van der Waals surface area contributed by atoms with Crippen LogP contribution in [-0.4, -0.2) is 22.8 Å². The van der Waals surface area contributed by atoms with E-state index in [1.165, 1.54) is 19.3 Å². The van der Waals surface area contributed by atoms with E-state index in [4.69, 9.17) is 0 Å². The average molecular weight is 290 g/mol. The Bertz CT molecular complexity index is 328. The van der Waals surface area contributed by atoms with E-state index in [9.17, 15) is 0 Å². The molecule has 1 aromatic rings. The molecule has 0 radical (unpaired) electrons. The molecule has 84 valence electrons. The Kier molecular flexibility index (Phi) is 3.61. The fourth-order valence-corrected chi connectivity index (χ4v) is 3.30. The van der Waals surface area contributed by atoms with Crippen LogP contribution in [0.25, 0.3) is 0 Å². The average Bonchev–Trinajstić information content (AvgIpc) is 2.65. The van der Waals surface area contributed by atoms with Crippen LogP contribution in [0.4, 0.5) is 5.13 Å². The zero-order chi connectivity index (χ0) is 10.8. The third kappa shape index (κ3) is 2.50. The summed E-state index contributed by atoms with van der Waals surface area (Å²) < 4.78 is 0.878. The minimum absolute atomic E-state index is 0.604. The van der Waals surface area contributed by atoms with E-state index in [2.05, 4.69) is 44.9 Å². The molecule has 1 aliphatic rings. The molecule has 3 nitrogen and oxygen atoms in total. The van der Waals surface area contributed by atoms with Gasteiger partial charge in [-0.3, -0.25) is 0 Å². The van der Waals surface area contributed by atoms with Crippen LogP contribution in [-0.2, 0) is 0 Å². The van der Waals surface area contributed by atoms with Crippen LogP contribution in [0.3, 0.4) is 0 Å². The first kappa shape index (κ1) is 11.3. The van der Waals surface area contributed by atoms with Gasteiger partial charge in [0.05, 0.1) is 0 Å². The van der Waals surface area contributed by atoms with Gasteiger partial charge in [-0.05, 0) is 41.6 Å². The molecule has 0 N–H and O–H groups in total. The number of anilines is 1. The van der Waals surface area contributed by atoms with Crippen molar-refractivity contribution < 1.29 is 0 Å². The lowest BCUT2D eigenvalue weighted by molar-refractivity contribution is 0.358. The van der Waals surface area contributed by atoms with Crippen LogP contribution in [0.1, 0.15) is 33.1 Å². The number of nitrogens with zero attached hydrogens (tertiary/aromatic N) is 3. The maximum atomic E-state index is 4.21. The Hall–Kier alpha value is -0.160. The topological polar surface area (TPSA) is 29.0 Å². The molecule has 1 aliphatic heterocycles. The molecular weight excluding hydrogens is 274 g/mol. The van der Waals surface area contributed by atoms with Crippen LogP contribution < -0.4 is 4.90 Å². The molecule has 1 aromatic heterocycles. The first-order chi connectivity index (χ1) is 7.20. The molecule has 1 saturated heterocycles. The molecule has 0 aromatic carbocycles. The van der Waals surface area contributed by atoms with Crippen LogP contribution in [0, 0.1) is 5.92 Å². The van der Waals surface area contributed by atoms with Crippen molar-refractivity contribution in [3.8, 4) is 0 Å². The molecule has 2 heterocycles. The molecular formula is C10H16BrN3S. The SMILES string of the molecule is CC[C@@H]1CC[C@H](C)N(c2nnc(Br)s2)C1. The fourth-order valence-electron chi connectivity index (χ4n) is 2.10. The molecule has 2 rings (SSSR count). The summed E-state index contributed by atoms with van der Waals surface area (Å²) in [4.78, 5) is 2.40. The van der Waals surface area contributed by atoms with Crippen molar-refractivity contribution in [2.75, 3.05) is 11.4 Å². The predicted octanol–water partition coefficient (Wildman–Crippen LogP) is 3.32. The second-order valence-electron chi connectivity index (χ2n) is 4.19. The Morgan fingerprint density at radius 2 is 2.27 bits per heavy atom. The summed E-state index contributed by atoms with van der Waals surface area (Å²) in [5.74, 6) is 0.823. The van der Waals surface area contributed by atoms with Gasteiger partial charge in [0.2, 0.25) is 5.13 Å². The highest BCUT2D eigenvalue weighted by Crippen LogP contribution is 2.32. The second-order valence-corrected chi connectivity index (χ2v) is 6.42. The quantitative estimate of drug-likeness (QED) is 0.836. The summed E-state index contributed by atoms with van der Waals surface area (Å²) in [5.41, 5.74) is 0. The number of piperidine rings is 1. The molecule has 0 amide bonds. The summed E-state index contributed by atoms with van der Waals surface area (Å²) >= 11 is 5.00. The van der Waals surface area contributed by atoms with Crippen molar-refractivity contribution in [3.63, 3.8) is 0 Å². The minimum atomic E-state index is 0.604. The normalized spacial score (nSPS) is 27.0. The van der Waals surface area contributed by atoms with Crippen molar-refractivity contribution in [2.45, 2.75) is 39.2 Å². The molecule has 2 atom stereocenters. The van der Waals surface area contributed by atoms with E-state index in [1.807, 2.05) is 0 Å². The number of halogens is 1. The molecule has 15 heavy (non-hydrogen) atoms. The van der Waals surface area contributed by atoms with Crippen molar-refractivity contribution in [3.05, 3.63) is 3.92 Å². The number of aromatic nitrogens is 2. The number of rotatable bonds is 2. The Morgan fingerprint density at radius 1 is 1.47 bits per heavy atom. The van der Waals surface area contributed by atoms with Gasteiger partial charge in [-0.1, -0.05) is 24.7 Å². The smallest absolute Gasteiger partial charge is 0.209 e. The van der Waals surface area contributed by atoms with Crippen molar-refractivity contribution in [1.29, 1.82) is 0 Å². The molecule has 0 spiro atoms. The van der Waals surface area contributed by atoms with Gasteiger partial charge in [-0.2, -0.15) is 0 Å². The van der Waals surface area contributed by atoms with E-state index in [1.54, 1.807) is 11.3 Å². The first-order valence-corrected chi connectivity index (χ1v) is 7.07. The van der Waals surface area contributed by atoms with Gasteiger partial charge in [0.15, 0.2) is 3.92 Å². The molecule has 0 aliphatic carbocycles. The molecule has 5 heteroatoms. The Labute approximate surface area is 103 Å². The van der Waals surface area contributed by atoms with Crippen LogP contribution in [0.15, 0.2) is 3.92 Å². The third-order valence-electron chi connectivity index (χ3n) is 3.19. The van der Waals surface area contributed by atoms with E-state index in [0.29, 0.717) is 6.04 Å². The van der Waals surface area contributed by atoms with Gasteiger partial charge in [0.1, 0.15) is 0 Å². The van der Waals surface area contributed by atoms with Crippen LogP contribution in [0.2, 0.25) is 0 Å².